The number of hydrogen-bond donors (Lipinski definition) is 0. The molecule has 0 amide bonds. The van der Waals surface area contributed by atoms with Crippen molar-refractivity contribution in [3.63, 3.8) is 0 Å². The van der Waals surface area contributed by atoms with E-state index in [-0.39, 0.29) is 12.2 Å². The molecule has 0 bridgehead atoms. The van der Waals surface area contributed by atoms with Gasteiger partial charge >= 0.3 is 5.69 Å². The van der Waals surface area contributed by atoms with Gasteiger partial charge in [0.2, 0.25) is 0 Å². The minimum atomic E-state index is -0.391. The maximum Gasteiger partial charge on any atom is 0.333 e. The second-order valence-electron chi connectivity index (χ2n) is 6.37. The number of nitrogens with zero attached hydrogens (tertiary/aromatic N) is 4. The highest BCUT2D eigenvalue weighted by molar-refractivity contribution is 6.29. The Labute approximate surface area is 170 Å². The predicted octanol–water partition coefficient (Wildman–Crippen LogP) is 4.41. The van der Waals surface area contributed by atoms with Gasteiger partial charge in [-0.2, -0.15) is 5.26 Å². The number of halogens is 2. The summed E-state index contributed by atoms with van der Waals surface area (Å²) in [6, 6.07) is 18.3. The molecule has 0 aliphatic heterocycles. The summed E-state index contributed by atoms with van der Waals surface area (Å²) in [7, 11) is 0. The molecule has 0 aliphatic rings. The summed E-state index contributed by atoms with van der Waals surface area (Å²) >= 11 is 6.04. The lowest BCUT2D eigenvalue weighted by atomic mass is 10.1. The van der Waals surface area contributed by atoms with Gasteiger partial charge in [-0.3, -0.25) is 9.13 Å². The van der Waals surface area contributed by atoms with E-state index in [1.54, 1.807) is 36.7 Å². The van der Waals surface area contributed by atoms with E-state index in [0.717, 1.165) is 5.56 Å². The first-order valence-electron chi connectivity index (χ1n) is 8.75. The zero-order chi connectivity index (χ0) is 20.4. The summed E-state index contributed by atoms with van der Waals surface area (Å²) in [6.45, 7) is 0.225. The van der Waals surface area contributed by atoms with E-state index < -0.39 is 5.82 Å². The molecular weight excluding hydrogens is 391 g/mol. The lowest BCUT2D eigenvalue weighted by Gasteiger charge is -2.07. The van der Waals surface area contributed by atoms with E-state index in [9.17, 15) is 14.4 Å². The molecule has 0 radical (unpaired) electrons. The molecule has 5 nitrogen and oxygen atoms in total. The third-order valence-electron chi connectivity index (χ3n) is 4.54. The van der Waals surface area contributed by atoms with E-state index in [1.807, 2.05) is 12.1 Å². The van der Waals surface area contributed by atoms with Gasteiger partial charge in [0.25, 0.3) is 0 Å². The van der Waals surface area contributed by atoms with Crippen LogP contribution in [-0.2, 0) is 6.54 Å². The molecule has 0 saturated carbocycles. The van der Waals surface area contributed by atoms with Crippen LogP contribution < -0.4 is 5.69 Å². The van der Waals surface area contributed by atoms with E-state index in [4.69, 9.17) is 11.6 Å². The van der Waals surface area contributed by atoms with Crippen LogP contribution >= 0.6 is 11.6 Å². The second kappa shape index (κ2) is 7.74. The Kier molecular flexibility index (Phi) is 4.98. The van der Waals surface area contributed by atoms with E-state index in [1.165, 1.54) is 33.4 Å². The molecule has 0 atom stereocenters. The van der Waals surface area contributed by atoms with Gasteiger partial charge in [0.05, 0.1) is 29.6 Å². The van der Waals surface area contributed by atoms with Crippen LogP contribution in [0.5, 0.6) is 0 Å². The largest absolute Gasteiger partial charge is 0.333 e. The summed E-state index contributed by atoms with van der Waals surface area (Å²) < 4.78 is 16.4. The third-order valence-corrected chi connectivity index (χ3v) is 4.75. The highest BCUT2D eigenvalue weighted by atomic mass is 35.5. The van der Waals surface area contributed by atoms with Crippen molar-refractivity contribution < 1.29 is 4.39 Å². The van der Waals surface area contributed by atoms with Crippen molar-refractivity contribution >= 4 is 11.6 Å². The quantitative estimate of drug-likeness (QED) is 0.473. The first-order chi connectivity index (χ1) is 14.1. The Bertz CT molecular complexity index is 1290. The molecule has 4 aromatic rings. The van der Waals surface area contributed by atoms with Crippen LogP contribution in [0.25, 0.3) is 16.9 Å². The molecule has 0 spiro atoms. The fourth-order valence-corrected chi connectivity index (χ4v) is 3.34. The zero-order valence-electron chi connectivity index (χ0n) is 15.1. The molecule has 0 saturated heterocycles. The van der Waals surface area contributed by atoms with Gasteiger partial charge in [0.1, 0.15) is 11.0 Å². The number of rotatable bonds is 4. The summed E-state index contributed by atoms with van der Waals surface area (Å²) in [4.78, 5) is 17.2. The second-order valence-corrected chi connectivity index (χ2v) is 6.76. The van der Waals surface area contributed by atoms with Crippen molar-refractivity contribution in [1.29, 1.82) is 5.26 Å². The predicted molar refractivity (Wildman–Crippen MR) is 108 cm³/mol. The molecule has 29 heavy (non-hydrogen) atoms. The molecule has 0 N–H and O–H groups in total. The summed E-state index contributed by atoms with van der Waals surface area (Å²) in [5.74, 6) is -0.391. The van der Waals surface area contributed by atoms with Crippen molar-refractivity contribution in [3.8, 4) is 23.0 Å². The van der Waals surface area contributed by atoms with Crippen molar-refractivity contribution in [2.24, 2.45) is 0 Å². The average Bonchev–Trinajstić information content (AvgIpc) is 3.05. The first-order valence-corrected chi connectivity index (χ1v) is 9.12. The molecule has 7 heteroatoms. The molecule has 2 aromatic heterocycles. The van der Waals surface area contributed by atoms with Crippen LogP contribution in [0.1, 0.15) is 11.1 Å². The van der Waals surface area contributed by atoms with Crippen molar-refractivity contribution in [2.75, 3.05) is 0 Å². The fraction of sp³-hybridized carbons (Fsp3) is 0.0455. The SMILES string of the molecule is N#Cc1ccccc1Cn1cc(-c2ccnc(Cl)c2)n(-c2ccc(F)cc2)c1=O. The minimum absolute atomic E-state index is 0.225. The van der Waals surface area contributed by atoms with Gasteiger partial charge in [-0.25, -0.2) is 14.2 Å². The molecule has 0 unspecified atom stereocenters. The van der Waals surface area contributed by atoms with E-state index >= 15 is 0 Å². The van der Waals surface area contributed by atoms with Crippen LogP contribution in [0.15, 0.2) is 77.9 Å². The molecule has 0 fully saturated rings. The standard InChI is InChI=1S/C22H14ClFN4O/c23-21-11-15(9-10-26-21)20-14-27(13-17-4-2-1-3-16(17)12-25)22(29)28(20)19-7-5-18(24)6-8-19/h1-11,14H,13H2. The maximum atomic E-state index is 13.4. The fourth-order valence-electron chi connectivity index (χ4n) is 3.16. The van der Waals surface area contributed by atoms with Crippen LogP contribution in [0.2, 0.25) is 5.15 Å². The normalized spacial score (nSPS) is 10.7. The molecule has 142 valence electrons. The molecule has 2 heterocycles. The number of aromatic nitrogens is 3. The Morgan fingerprint density at radius 1 is 1.10 bits per heavy atom. The van der Waals surface area contributed by atoms with Gasteiger partial charge in [-0.1, -0.05) is 29.8 Å². The minimum Gasteiger partial charge on any atom is -0.294 e. The number of benzene rings is 2. The third kappa shape index (κ3) is 3.68. The van der Waals surface area contributed by atoms with Gasteiger partial charge < -0.3 is 0 Å². The average molecular weight is 405 g/mol. The molecule has 4 rings (SSSR count). The highest BCUT2D eigenvalue weighted by Crippen LogP contribution is 2.24. The van der Waals surface area contributed by atoms with Crippen molar-refractivity contribution in [3.05, 3.63) is 106 Å². The van der Waals surface area contributed by atoms with Gasteiger partial charge in [-0.15, -0.1) is 0 Å². The van der Waals surface area contributed by atoms with Crippen LogP contribution in [-0.4, -0.2) is 14.1 Å². The highest BCUT2D eigenvalue weighted by Gasteiger charge is 2.16. The molecule has 2 aromatic carbocycles. The smallest absolute Gasteiger partial charge is 0.294 e. The van der Waals surface area contributed by atoms with Crippen LogP contribution in [0.3, 0.4) is 0 Å². The van der Waals surface area contributed by atoms with Gasteiger partial charge in [0.15, 0.2) is 0 Å². The van der Waals surface area contributed by atoms with Crippen molar-refractivity contribution in [1.82, 2.24) is 14.1 Å². The number of nitriles is 1. The van der Waals surface area contributed by atoms with Crippen LogP contribution in [0, 0.1) is 17.1 Å². The first kappa shape index (κ1) is 18.7. The molecular formula is C22H14ClFN4O. The topological polar surface area (TPSA) is 63.6 Å². The number of imidazole rings is 1. The monoisotopic (exact) mass is 404 g/mol. The lowest BCUT2D eigenvalue weighted by molar-refractivity contribution is 0.627. The van der Waals surface area contributed by atoms with E-state index in [2.05, 4.69) is 11.1 Å². The molecule has 0 aliphatic carbocycles. The van der Waals surface area contributed by atoms with Gasteiger partial charge in [-0.05, 0) is 48.0 Å². The Hall–Kier alpha value is -3.69. The Morgan fingerprint density at radius 3 is 2.59 bits per heavy atom. The van der Waals surface area contributed by atoms with Crippen LogP contribution in [0.4, 0.5) is 4.39 Å². The lowest BCUT2D eigenvalue weighted by Crippen LogP contribution is -2.24. The Morgan fingerprint density at radius 2 is 1.86 bits per heavy atom. The summed E-state index contributed by atoms with van der Waals surface area (Å²) in [5.41, 5.74) is 2.72. The van der Waals surface area contributed by atoms with E-state index in [0.29, 0.717) is 27.7 Å². The maximum absolute atomic E-state index is 13.4. The van der Waals surface area contributed by atoms with Crippen molar-refractivity contribution in [2.45, 2.75) is 6.54 Å². The number of pyridine rings is 1. The summed E-state index contributed by atoms with van der Waals surface area (Å²) in [5, 5.41) is 9.63. The zero-order valence-corrected chi connectivity index (χ0v) is 15.8. The number of hydrogen-bond acceptors (Lipinski definition) is 3. The Balaban J connectivity index is 1.90. The van der Waals surface area contributed by atoms with Gasteiger partial charge in [0, 0.05) is 18.0 Å². The summed E-state index contributed by atoms with van der Waals surface area (Å²) in [6.07, 6.45) is 3.25.